The Morgan fingerprint density at radius 1 is 1.20 bits per heavy atom. The van der Waals surface area contributed by atoms with Crippen LogP contribution in [0.25, 0.3) is 0 Å². The molecule has 2 amide bonds. The third-order valence-corrected chi connectivity index (χ3v) is 5.05. The number of ether oxygens (including phenoxy) is 1. The highest BCUT2D eigenvalue weighted by Crippen LogP contribution is 2.36. The van der Waals surface area contributed by atoms with Gasteiger partial charge in [-0.15, -0.1) is 0 Å². The number of rotatable bonds is 1. The summed E-state index contributed by atoms with van der Waals surface area (Å²) in [6.45, 7) is 5.41. The second kappa shape index (κ2) is 6.84. The molecule has 0 radical (unpaired) electrons. The molecule has 1 saturated heterocycles. The number of carbonyl (C=O) groups excluding carboxylic acids is 1. The minimum Gasteiger partial charge on any atom is -0.378 e. The van der Waals surface area contributed by atoms with E-state index >= 15 is 0 Å². The summed E-state index contributed by atoms with van der Waals surface area (Å²) >= 11 is 0. The molecule has 1 unspecified atom stereocenters. The van der Waals surface area contributed by atoms with Crippen LogP contribution >= 0.6 is 0 Å². The fourth-order valence-corrected chi connectivity index (χ4v) is 3.80. The molecule has 1 atom stereocenters. The molecule has 25 heavy (non-hydrogen) atoms. The van der Waals surface area contributed by atoms with Crippen molar-refractivity contribution < 1.29 is 9.53 Å². The largest absolute Gasteiger partial charge is 0.378 e. The summed E-state index contributed by atoms with van der Waals surface area (Å²) in [6.07, 6.45) is 4.54. The maximum Gasteiger partial charge on any atom is 0.320 e. The first kappa shape index (κ1) is 16.1. The molecule has 3 heterocycles. The van der Waals surface area contributed by atoms with E-state index in [1.807, 2.05) is 22.1 Å². The third-order valence-electron chi connectivity index (χ3n) is 5.05. The normalized spacial score (nSPS) is 20.3. The molecule has 0 saturated carbocycles. The van der Waals surface area contributed by atoms with E-state index in [1.165, 1.54) is 16.7 Å². The van der Waals surface area contributed by atoms with Crippen molar-refractivity contribution in [2.45, 2.75) is 19.4 Å². The summed E-state index contributed by atoms with van der Waals surface area (Å²) in [5.74, 6) is 0. The number of morpholine rings is 1. The van der Waals surface area contributed by atoms with Crippen molar-refractivity contribution in [3.05, 3.63) is 65.0 Å². The molecule has 0 spiro atoms. The van der Waals surface area contributed by atoms with E-state index in [0.717, 1.165) is 18.5 Å². The lowest BCUT2D eigenvalue weighted by atomic mass is 9.88. The molecule has 0 N–H and O–H groups in total. The Kier molecular flexibility index (Phi) is 4.40. The van der Waals surface area contributed by atoms with Crippen LogP contribution in [0.5, 0.6) is 0 Å². The van der Waals surface area contributed by atoms with Crippen LogP contribution in [0.2, 0.25) is 0 Å². The van der Waals surface area contributed by atoms with Gasteiger partial charge in [0, 0.05) is 32.0 Å². The topological polar surface area (TPSA) is 45.7 Å². The Hall–Kier alpha value is -2.40. The van der Waals surface area contributed by atoms with E-state index in [0.29, 0.717) is 26.3 Å². The van der Waals surface area contributed by atoms with Crippen molar-refractivity contribution in [2.75, 3.05) is 32.8 Å². The number of pyridine rings is 1. The zero-order chi connectivity index (χ0) is 17.2. The van der Waals surface area contributed by atoms with Gasteiger partial charge < -0.3 is 14.5 Å². The first-order chi connectivity index (χ1) is 12.2. The molecule has 1 aromatic carbocycles. The molecular weight excluding hydrogens is 314 g/mol. The predicted octanol–water partition coefficient (Wildman–Crippen LogP) is 2.79. The van der Waals surface area contributed by atoms with Crippen LogP contribution in [0.15, 0.2) is 42.7 Å². The van der Waals surface area contributed by atoms with Crippen LogP contribution < -0.4 is 0 Å². The van der Waals surface area contributed by atoms with E-state index in [9.17, 15) is 4.79 Å². The lowest BCUT2D eigenvalue weighted by Crippen LogP contribution is -2.51. The van der Waals surface area contributed by atoms with Crippen molar-refractivity contribution in [2.24, 2.45) is 0 Å². The number of urea groups is 1. The molecular formula is C20H23N3O2. The molecule has 2 aromatic rings. The van der Waals surface area contributed by atoms with E-state index in [-0.39, 0.29) is 12.1 Å². The number of nitrogens with zero attached hydrogens (tertiary/aromatic N) is 3. The maximum atomic E-state index is 13.2. The second-order valence-electron chi connectivity index (χ2n) is 6.72. The van der Waals surface area contributed by atoms with Gasteiger partial charge in [0.25, 0.3) is 0 Å². The van der Waals surface area contributed by atoms with Crippen molar-refractivity contribution in [3.8, 4) is 0 Å². The van der Waals surface area contributed by atoms with Crippen molar-refractivity contribution in [3.63, 3.8) is 0 Å². The van der Waals surface area contributed by atoms with Gasteiger partial charge in [0.05, 0.1) is 19.3 Å². The van der Waals surface area contributed by atoms with Gasteiger partial charge in [-0.3, -0.25) is 4.98 Å². The Labute approximate surface area is 148 Å². The molecule has 130 valence electrons. The smallest absolute Gasteiger partial charge is 0.320 e. The zero-order valence-corrected chi connectivity index (χ0v) is 14.5. The maximum absolute atomic E-state index is 13.2. The molecule has 4 rings (SSSR count). The van der Waals surface area contributed by atoms with Crippen LogP contribution in [0.4, 0.5) is 4.79 Å². The number of aromatic nitrogens is 1. The van der Waals surface area contributed by atoms with Crippen molar-refractivity contribution >= 4 is 6.03 Å². The minimum absolute atomic E-state index is 0.0756. The fourth-order valence-electron chi connectivity index (χ4n) is 3.80. The number of hydrogen-bond donors (Lipinski definition) is 0. The first-order valence-electron chi connectivity index (χ1n) is 8.86. The Morgan fingerprint density at radius 2 is 2.04 bits per heavy atom. The van der Waals surface area contributed by atoms with Crippen LogP contribution in [-0.2, 0) is 11.2 Å². The Morgan fingerprint density at radius 3 is 2.80 bits per heavy atom. The van der Waals surface area contributed by atoms with Gasteiger partial charge in [-0.05, 0) is 36.1 Å². The lowest BCUT2D eigenvalue weighted by Gasteiger charge is -2.41. The van der Waals surface area contributed by atoms with Crippen molar-refractivity contribution in [1.82, 2.24) is 14.8 Å². The van der Waals surface area contributed by atoms with Crippen LogP contribution in [0.1, 0.15) is 28.3 Å². The zero-order valence-electron chi connectivity index (χ0n) is 14.5. The fraction of sp³-hybridized carbons (Fsp3) is 0.400. The SMILES string of the molecule is Cc1ccc2c(c1)CCN(C(=O)N1CCOCC1)C2c1cccnc1. The molecule has 5 nitrogen and oxygen atoms in total. The van der Waals surface area contributed by atoms with E-state index < -0.39 is 0 Å². The predicted molar refractivity (Wildman–Crippen MR) is 95.5 cm³/mol. The van der Waals surface area contributed by atoms with Gasteiger partial charge in [0.2, 0.25) is 0 Å². The molecule has 0 bridgehead atoms. The highest BCUT2D eigenvalue weighted by Gasteiger charge is 2.34. The van der Waals surface area contributed by atoms with Crippen LogP contribution in [0, 0.1) is 6.92 Å². The summed E-state index contributed by atoms with van der Waals surface area (Å²) in [5.41, 5.74) is 4.87. The third kappa shape index (κ3) is 3.12. The van der Waals surface area contributed by atoms with Crippen LogP contribution in [-0.4, -0.2) is 53.7 Å². The number of benzene rings is 1. The summed E-state index contributed by atoms with van der Waals surface area (Å²) in [4.78, 5) is 21.4. The van der Waals surface area contributed by atoms with Gasteiger partial charge in [0.15, 0.2) is 0 Å². The minimum atomic E-state index is -0.0756. The summed E-state index contributed by atoms with van der Waals surface area (Å²) in [6, 6.07) is 10.6. The highest BCUT2D eigenvalue weighted by atomic mass is 16.5. The molecule has 2 aliphatic rings. The lowest BCUT2D eigenvalue weighted by molar-refractivity contribution is 0.0400. The Bertz CT molecular complexity index is 757. The van der Waals surface area contributed by atoms with Gasteiger partial charge in [-0.1, -0.05) is 29.8 Å². The average molecular weight is 337 g/mol. The Balaban J connectivity index is 1.73. The molecule has 5 heteroatoms. The number of fused-ring (bicyclic) bond motifs is 1. The number of aryl methyl sites for hydroxylation is 1. The van der Waals surface area contributed by atoms with Gasteiger partial charge in [0.1, 0.15) is 0 Å². The summed E-state index contributed by atoms with van der Waals surface area (Å²) in [5, 5.41) is 0. The molecule has 1 aromatic heterocycles. The standard InChI is InChI=1S/C20H23N3O2/c1-15-4-5-18-16(13-15)6-8-23(19(18)17-3-2-7-21-14-17)20(24)22-9-11-25-12-10-22/h2-5,7,13-14,19H,6,8-12H2,1H3. The van der Waals surface area contributed by atoms with Gasteiger partial charge in [-0.25, -0.2) is 4.79 Å². The van der Waals surface area contributed by atoms with Gasteiger partial charge >= 0.3 is 6.03 Å². The van der Waals surface area contributed by atoms with Gasteiger partial charge in [-0.2, -0.15) is 0 Å². The van der Waals surface area contributed by atoms with Crippen molar-refractivity contribution in [1.29, 1.82) is 0 Å². The number of carbonyl (C=O) groups is 1. The number of hydrogen-bond acceptors (Lipinski definition) is 3. The monoisotopic (exact) mass is 337 g/mol. The second-order valence-corrected chi connectivity index (χ2v) is 6.72. The molecule has 1 fully saturated rings. The molecule has 0 aliphatic carbocycles. The first-order valence-corrected chi connectivity index (χ1v) is 8.86. The average Bonchev–Trinajstić information content (AvgIpc) is 2.67. The molecule has 2 aliphatic heterocycles. The van der Waals surface area contributed by atoms with E-state index in [4.69, 9.17) is 4.74 Å². The van der Waals surface area contributed by atoms with E-state index in [1.54, 1.807) is 6.20 Å². The summed E-state index contributed by atoms with van der Waals surface area (Å²) in [7, 11) is 0. The van der Waals surface area contributed by atoms with E-state index in [2.05, 4.69) is 36.2 Å². The number of amides is 2. The van der Waals surface area contributed by atoms with Crippen LogP contribution in [0.3, 0.4) is 0 Å². The quantitative estimate of drug-likeness (QED) is 0.804. The highest BCUT2D eigenvalue weighted by molar-refractivity contribution is 5.76. The summed E-state index contributed by atoms with van der Waals surface area (Å²) < 4.78 is 5.40.